The largest absolute Gasteiger partial charge is 0.492 e. The third-order valence-corrected chi connectivity index (χ3v) is 2.76. The average molecular weight is 273 g/mol. The molecule has 2 aromatic rings. The molecule has 0 heterocycles. The number of nitrogen functional groups attached to an aromatic ring is 1. The number of nitrogens with two attached hydrogens (primary N) is 1. The molecule has 4 heteroatoms. The molecular formula is C16H19NO3. The van der Waals surface area contributed by atoms with E-state index in [4.69, 9.17) is 19.9 Å². The maximum absolute atomic E-state index is 6.04. The Bertz CT molecular complexity index is 569. The highest BCUT2D eigenvalue weighted by Gasteiger charge is 2.08. The van der Waals surface area contributed by atoms with E-state index in [1.807, 2.05) is 49.4 Å². The standard InChI is InChI=1S/C16H19NO3/c1-3-19-14-8-5-9-15(16(14)17)20-13-7-4-6-12(10-13)11-18-2/h4-10H,3,11,17H2,1-2H3. The summed E-state index contributed by atoms with van der Waals surface area (Å²) in [6.07, 6.45) is 0. The van der Waals surface area contributed by atoms with Crippen molar-refractivity contribution in [3.63, 3.8) is 0 Å². The van der Waals surface area contributed by atoms with Crippen molar-refractivity contribution in [1.82, 2.24) is 0 Å². The van der Waals surface area contributed by atoms with Gasteiger partial charge in [0.15, 0.2) is 5.75 Å². The lowest BCUT2D eigenvalue weighted by Crippen LogP contribution is -1.99. The van der Waals surface area contributed by atoms with Crippen molar-refractivity contribution in [3.05, 3.63) is 48.0 Å². The van der Waals surface area contributed by atoms with Gasteiger partial charge >= 0.3 is 0 Å². The highest BCUT2D eigenvalue weighted by Crippen LogP contribution is 2.34. The summed E-state index contributed by atoms with van der Waals surface area (Å²) in [6, 6.07) is 13.2. The molecule has 20 heavy (non-hydrogen) atoms. The maximum Gasteiger partial charge on any atom is 0.154 e. The molecular weight excluding hydrogens is 254 g/mol. The van der Waals surface area contributed by atoms with Gasteiger partial charge in [0, 0.05) is 7.11 Å². The van der Waals surface area contributed by atoms with Gasteiger partial charge in [-0.1, -0.05) is 18.2 Å². The number of benzene rings is 2. The lowest BCUT2D eigenvalue weighted by molar-refractivity contribution is 0.184. The number of ether oxygens (including phenoxy) is 3. The van der Waals surface area contributed by atoms with Gasteiger partial charge < -0.3 is 19.9 Å². The predicted molar refractivity (Wildman–Crippen MR) is 79.3 cm³/mol. The second kappa shape index (κ2) is 6.82. The van der Waals surface area contributed by atoms with Crippen LogP contribution in [0, 0.1) is 0 Å². The monoisotopic (exact) mass is 273 g/mol. The van der Waals surface area contributed by atoms with Crippen LogP contribution in [0.15, 0.2) is 42.5 Å². The van der Waals surface area contributed by atoms with E-state index in [1.54, 1.807) is 7.11 Å². The zero-order valence-electron chi connectivity index (χ0n) is 11.8. The topological polar surface area (TPSA) is 53.7 Å². The van der Waals surface area contributed by atoms with E-state index in [9.17, 15) is 0 Å². The smallest absolute Gasteiger partial charge is 0.154 e. The Morgan fingerprint density at radius 1 is 1.05 bits per heavy atom. The maximum atomic E-state index is 6.04. The van der Waals surface area contributed by atoms with Crippen LogP contribution in [0.5, 0.6) is 17.2 Å². The molecule has 0 saturated heterocycles. The van der Waals surface area contributed by atoms with Gasteiger partial charge in [-0.25, -0.2) is 0 Å². The Morgan fingerprint density at radius 3 is 2.55 bits per heavy atom. The average Bonchev–Trinajstić information content (AvgIpc) is 2.44. The quantitative estimate of drug-likeness (QED) is 0.817. The van der Waals surface area contributed by atoms with Crippen LogP contribution >= 0.6 is 0 Å². The first-order valence-corrected chi connectivity index (χ1v) is 6.51. The van der Waals surface area contributed by atoms with Crippen LogP contribution in [-0.2, 0) is 11.3 Å². The number of rotatable bonds is 6. The Balaban J connectivity index is 2.21. The summed E-state index contributed by atoms with van der Waals surface area (Å²) in [5, 5.41) is 0. The Labute approximate surface area is 119 Å². The van der Waals surface area contributed by atoms with E-state index in [1.165, 1.54) is 0 Å². The molecule has 0 aromatic heterocycles. The minimum atomic E-state index is 0.506. The van der Waals surface area contributed by atoms with Gasteiger partial charge in [-0.2, -0.15) is 0 Å². The Kier molecular flexibility index (Phi) is 4.85. The minimum absolute atomic E-state index is 0.506. The van der Waals surface area contributed by atoms with Crippen LogP contribution in [0.4, 0.5) is 5.69 Å². The van der Waals surface area contributed by atoms with Gasteiger partial charge in [-0.05, 0) is 36.8 Å². The fourth-order valence-corrected chi connectivity index (χ4v) is 1.89. The number of anilines is 1. The molecule has 0 aliphatic rings. The number of hydrogen-bond donors (Lipinski definition) is 1. The first-order valence-electron chi connectivity index (χ1n) is 6.51. The first kappa shape index (κ1) is 14.2. The van der Waals surface area contributed by atoms with E-state index in [-0.39, 0.29) is 0 Å². The van der Waals surface area contributed by atoms with Crippen molar-refractivity contribution >= 4 is 5.69 Å². The second-order valence-corrected chi connectivity index (χ2v) is 4.28. The SMILES string of the molecule is CCOc1cccc(Oc2cccc(COC)c2)c1N. The molecule has 0 saturated carbocycles. The van der Waals surface area contributed by atoms with Crippen molar-refractivity contribution in [2.24, 2.45) is 0 Å². The van der Waals surface area contributed by atoms with Crippen LogP contribution in [0.25, 0.3) is 0 Å². The van der Waals surface area contributed by atoms with Crippen LogP contribution in [0.1, 0.15) is 12.5 Å². The molecule has 0 unspecified atom stereocenters. The first-order chi connectivity index (χ1) is 9.74. The molecule has 106 valence electrons. The van der Waals surface area contributed by atoms with Crippen LogP contribution in [0.2, 0.25) is 0 Å². The van der Waals surface area contributed by atoms with E-state index >= 15 is 0 Å². The molecule has 0 atom stereocenters. The summed E-state index contributed by atoms with van der Waals surface area (Å²) < 4.78 is 16.4. The molecule has 0 radical (unpaired) electrons. The van der Waals surface area contributed by atoms with Gasteiger partial charge in [-0.3, -0.25) is 0 Å². The molecule has 2 aromatic carbocycles. The van der Waals surface area contributed by atoms with Crippen LogP contribution in [0.3, 0.4) is 0 Å². The molecule has 0 bridgehead atoms. The van der Waals surface area contributed by atoms with Gasteiger partial charge in [0.25, 0.3) is 0 Å². The summed E-state index contributed by atoms with van der Waals surface area (Å²) in [4.78, 5) is 0. The zero-order valence-corrected chi connectivity index (χ0v) is 11.8. The summed E-state index contributed by atoms with van der Waals surface area (Å²) in [5.74, 6) is 1.95. The summed E-state index contributed by atoms with van der Waals surface area (Å²) in [7, 11) is 1.66. The third-order valence-electron chi connectivity index (χ3n) is 2.76. The molecule has 0 aliphatic carbocycles. The molecule has 4 nitrogen and oxygen atoms in total. The zero-order chi connectivity index (χ0) is 14.4. The number of methoxy groups -OCH3 is 1. The van der Waals surface area contributed by atoms with Gasteiger partial charge in [0.05, 0.1) is 13.2 Å². The fourth-order valence-electron chi connectivity index (χ4n) is 1.89. The predicted octanol–water partition coefficient (Wildman–Crippen LogP) is 3.61. The summed E-state index contributed by atoms with van der Waals surface area (Å²) >= 11 is 0. The van der Waals surface area contributed by atoms with E-state index < -0.39 is 0 Å². The molecule has 0 amide bonds. The number of para-hydroxylation sites is 1. The highest BCUT2D eigenvalue weighted by atomic mass is 16.5. The van der Waals surface area contributed by atoms with Gasteiger partial charge in [0.1, 0.15) is 17.2 Å². The van der Waals surface area contributed by atoms with E-state index in [0.29, 0.717) is 30.4 Å². The fraction of sp³-hybridized carbons (Fsp3) is 0.250. The van der Waals surface area contributed by atoms with Crippen LogP contribution in [-0.4, -0.2) is 13.7 Å². The van der Waals surface area contributed by atoms with Crippen molar-refractivity contribution in [1.29, 1.82) is 0 Å². The van der Waals surface area contributed by atoms with Gasteiger partial charge in [0.2, 0.25) is 0 Å². The second-order valence-electron chi connectivity index (χ2n) is 4.28. The van der Waals surface area contributed by atoms with Crippen LogP contribution < -0.4 is 15.2 Å². The Morgan fingerprint density at radius 2 is 1.80 bits per heavy atom. The highest BCUT2D eigenvalue weighted by molar-refractivity contribution is 5.63. The molecule has 2 rings (SSSR count). The molecule has 0 spiro atoms. The van der Waals surface area contributed by atoms with Crippen molar-refractivity contribution in [2.45, 2.75) is 13.5 Å². The number of hydrogen-bond acceptors (Lipinski definition) is 4. The summed E-state index contributed by atoms with van der Waals surface area (Å²) in [5.41, 5.74) is 7.59. The molecule has 0 aliphatic heterocycles. The van der Waals surface area contributed by atoms with E-state index in [0.717, 1.165) is 11.3 Å². The molecule has 2 N–H and O–H groups in total. The summed E-state index contributed by atoms with van der Waals surface area (Å²) in [6.45, 7) is 3.03. The van der Waals surface area contributed by atoms with Gasteiger partial charge in [-0.15, -0.1) is 0 Å². The van der Waals surface area contributed by atoms with Crippen molar-refractivity contribution < 1.29 is 14.2 Å². The van der Waals surface area contributed by atoms with E-state index in [2.05, 4.69) is 0 Å². The minimum Gasteiger partial charge on any atom is -0.492 e. The lowest BCUT2D eigenvalue weighted by Gasteiger charge is -2.12. The third kappa shape index (κ3) is 3.42. The lowest BCUT2D eigenvalue weighted by atomic mass is 10.2. The normalized spacial score (nSPS) is 10.3. The Hall–Kier alpha value is -2.20. The van der Waals surface area contributed by atoms with Crippen molar-refractivity contribution in [2.75, 3.05) is 19.5 Å². The van der Waals surface area contributed by atoms with Crippen molar-refractivity contribution in [3.8, 4) is 17.2 Å². The molecule has 0 fully saturated rings.